The summed E-state index contributed by atoms with van der Waals surface area (Å²) in [4.78, 5) is 24.7. The molecule has 0 saturated heterocycles. The van der Waals surface area contributed by atoms with Gasteiger partial charge in [-0.25, -0.2) is 4.79 Å². The molecule has 0 unspecified atom stereocenters. The minimum absolute atomic E-state index is 0.0594. The molecule has 0 bridgehead atoms. The largest absolute Gasteiger partial charge is 0.451 e. The van der Waals surface area contributed by atoms with Gasteiger partial charge in [0.15, 0.2) is 0 Å². The van der Waals surface area contributed by atoms with Crippen LogP contribution in [0.4, 0.5) is 0 Å². The Balaban J connectivity index is 1.51. The van der Waals surface area contributed by atoms with Gasteiger partial charge in [0.2, 0.25) is 0 Å². The molecule has 0 radical (unpaired) electrons. The number of fused-ring (bicyclic) bond motifs is 1. The number of nitrogens with one attached hydrogen (secondary N) is 1. The second-order valence-electron chi connectivity index (χ2n) is 5.76. The van der Waals surface area contributed by atoms with Gasteiger partial charge in [-0.15, -0.1) is 12.6 Å². The molecule has 3 aromatic carbocycles. The monoisotopic (exact) mass is 375 g/mol. The number of esters is 1. The van der Waals surface area contributed by atoms with Crippen molar-refractivity contribution in [1.82, 2.24) is 5.32 Å². The third kappa shape index (κ3) is 5.13. The molecule has 0 saturated carbocycles. The minimum Gasteiger partial charge on any atom is -0.451 e. The smallest absolute Gasteiger partial charge is 0.384 e. The fourth-order valence-corrected chi connectivity index (χ4v) is 2.80. The van der Waals surface area contributed by atoms with Crippen LogP contribution < -0.4 is 5.32 Å². The van der Waals surface area contributed by atoms with Gasteiger partial charge in [0.1, 0.15) is 6.61 Å². The third-order valence-electron chi connectivity index (χ3n) is 3.86. The lowest BCUT2D eigenvalue weighted by Crippen LogP contribution is -2.23. The van der Waals surface area contributed by atoms with Crippen molar-refractivity contribution < 1.29 is 14.3 Å². The lowest BCUT2D eigenvalue weighted by molar-refractivity contribution is -0.137. The summed E-state index contributed by atoms with van der Waals surface area (Å²) in [7, 11) is 0. The van der Waals surface area contributed by atoms with E-state index in [0.717, 1.165) is 21.2 Å². The summed E-state index contributed by atoms with van der Waals surface area (Å²) in [6.07, 6.45) is 0. The molecule has 0 heterocycles. The molecular formula is C22H17NO3S. The zero-order valence-corrected chi connectivity index (χ0v) is 15.3. The van der Waals surface area contributed by atoms with Crippen LogP contribution in [0.15, 0.2) is 71.6 Å². The van der Waals surface area contributed by atoms with E-state index in [1.807, 2.05) is 54.6 Å². The van der Waals surface area contributed by atoms with E-state index in [1.165, 1.54) is 0 Å². The minimum atomic E-state index is -0.625. The summed E-state index contributed by atoms with van der Waals surface area (Å²) < 4.78 is 5.05. The first kappa shape index (κ1) is 18.6. The van der Waals surface area contributed by atoms with E-state index in [2.05, 4.69) is 29.8 Å². The molecule has 0 atom stereocenters. The van der Waals surface area contributed by atoms with Gasteiger partial charge in [-0.3, -0.25) is 4.79 Å². The molecule has 27 heavy (non-hydrogen) atoms. The van der Waals surface area contributed by atoms with Crippen molar-refractivity contribution in [3.05, 3.63) is 77.9 Å². The molecule has 0 aliphatic heterocycles. The molecule has 5 heteroatoms. The molecule has 134 valence electrons. The van der Waals surface area contributed by atoms with E-state index in [1.54, 1.807) is 12.1 Å². The Morgan fingerprint density at radius 1 is 1.00 bits per heavy atom. The van der Waals surface area contributed by atoms with Crippen LogP contribution in [0, 0.1) is 11.8 Å². The molecule has 0 aliphatic rings. The summed E-state index contributed by atoms with van der Waals surface area (Å²) >= 11 is 4.40. The average Bonchev–Trinajstić information content (AvgIpc) is 2.70. The number of carbonyl (C=O) groups is 2. The zero-order chi connectivity index (χ0) is 19.1. The van der Waals surface area contributed by atoms with Gasteiger partial charge in [0, 0.05) is 16.4 Å². The number of carbonyl (C=O) groups excluding carboxylic acids is 2. The molecule has 1 N–H and O–H groups in total. The van der Waals surface area contributed by atoms with Gasteiger partial charge in [-0.1, -0.05) is 54.5 Å². The topological polar surface area (TPSA) is 55.4 Å². The van der Waals surface area contributed by atoms with Crippen LogP contribution in [0.3, 0.4) is 0 Å². The van der Waals surface area contributed by atoms with Gasteiger partial charge in [0.05, 0.1) is 6.54 Å². The summed E-state index contributed by atoms with van der Waals surface area (Å²) in [5, 5.41) is 4.59. The molecule has 0 aliphatic carbocycles. The van der Waals surface area contributed by atoms with Gasteiger partial charge < -0.3 is 10.1 Å². The molecule has 0 spiro atoms. The summed E-state index contributed by atoms with van der Waals surface area (Å²) in [6, 6.07) is 20.5. The van der Waals surface area contributed by atoms with Gasteiger partial charge in [-0.2, -0.15) is 0 Å². The molecule has 0 fully saturated rings. The quantitative estimate of drug-likeness (QED) is 0.317. The highest BCUT2D eigenvalue weighted by atomic mass is 32.1. The molecule has 1 amide bonds. The van der Waals surface area contributed by atoms with E-state index >= 15 is 0 Å². The standard InChI is InChI=1S/C22H17NO3S/c24-21(26-15-16-6-2-1-3-7-16)10-5-13-23-22(25)18-11-12-19-17(14-18)8-4-9-20(19)27/h1-4,6-9,11-12,14,27H,13,15H2,(H,23,25). The van der Waals surface area contributed by atoms with Crippen LogP contribution in [0.2, 0.25) is 0 Å². The maximum Gasteiger partial charge on any atom is 0.384 e. The zero-order valence-electron chi connectivity index (χ0n) is 14.4. The maximum absolute atomic E-state index is 12.2. The SMILES string of the molecule is O=C(C#CCNC(=O)c1ccc2c(S)cccc2c1)OCc1ccccc1. The second kappa shape index (κ2) is 8.93. The average molecular weight is 375 g/mol. The van der Waals surface area contributed by atoms with Gasteiger partial charge >= 0.3 is 5.97 Å². The van der Waals surface area contributed by atoms with Crippen molar-refractivity contribution in [2.24, 2.45) is 0 Å². The van der Waals surface area contributed by atoms with E-state index in [0.29, 0.717) is 5.56 Å². The first-order chi connectivity index (χ1) is 13.1. The molecule has 3 aromatic rings. The van der Waals surface area contributed by atoms with E-state index in [-0.39, 0.29) is 19.1 Å². The fourth-order valence-electron chi connectivity index (χ4n) is 2.51. The lowest BCUT2D eigenvalue weighted by Gasteiger charge is -2.05. The highest BCUT2D eigenvalue weighted by molar-refractivity contribution is 7.80. The van der Waals surface area contributed by atoms with Crippen LogP contribution in [0.25, 0.3) is 10.8 Å². The van der Waals surface area contributed by atoms with Crippen LogP contribution in [0.1, 0.15) is 15.9 Å². The predicted molar refractivity (Wildman–Crippen MR) is 108 cm³/mol. The normalized spacial score (nSPS) is 9.96. The Morgan fingerprint density at radius 2 is 1.81 bits per heavy atom. The Kier molecular flexibility index (Phi) is 6.14. The maximum atomic E-state index is 12.2. The van der Waals surface area contributed by atoms with Crippen LogP contribution in [-0.4, -0.2) is 18.4 Å². The third-order valence-corrected chi connectivity index (χ3v) is 4.25. The highest BCUT2D eigenvalue weighted by Gasteiger charge is 2.06. The number of ether oxygens (including phenoxy) is 1. The van der Waals surface area contributed by atoms with Crippen molar-refractivity contribution in [1.29, 1.82) is 0 Å². The Hall–Kier alpha value is -3.23. The number of benzene rings is 3. The first-order valence-corrected chi connectivity index (χ1v) is 8.78. The second-order valence-corrected chi connectivity index (χ2v) is 6.24. The van der Waals surface area contributed by atoms with Crippen molar-refractivity contribution in [3.63, 3.8) is 0 Å². The van der Waals surface area contributed by atoms with E-state index in [4.69, 9.17) is 4.74 Å². The van der Waals surface area contributed by atoms with Crippen LogP contribution >= 0.6 is 12.6 Å². The summed E-state index contributed by atoms with van der Waals surface area (Å²) in [6.45, 7) is 0.231. The number of hydrogen-bond acceptors (Lipinski definition) is 4. The van der Waals surface area contributed by atoms with Gasteiger partial charge in [0.25, 0.3) is 5.91 Å². The molecule has 0 aromatic heterocycles. The summed E-state index contributed by atoms with van der Waals surface area (Å²) in [5.74, 6) is 4.08. The van der Waals surface area contributed by atoms with Gasteiger partial charge in [-0.05, 0) is 34.5 Å². The Labute approximate surface area is 163 Å². The lowest BCUT2D eigenvalue weighted by atomic mass is 10.1. The highest BCUT2D eigenvalue weighted by Crippen LogP contribution is 2.22. The number of hydrogen-bond donors (Lipinski definition) is 2. The van der Waals surface area contributed by atoms with Crippen molar-refractivity contribution >= 4 is 35.3 Å². The van der Waals surface area contributed by atoms with Crippen molar-refractivity contribution in [3.8, 4) is 11.8 Å². The summed E-state index contributed by atoms with van der Waals surface area (Å²) in [5.41, 5.74) is 1.41. The molecular weight excluding hydrogens is 358 g/mol. The molecule has 3 rings (SSSR count). The number of thiol groups is 1. The van der Waals surface area contributed by atoms with Crippen LogP contribution in [-0.2, 0) is 16.1 Å². The molecule has 4 nitrogen and oxygen atoms in total. The number of amides is 1. The van der Waals surface area contributed by atoms with E-state index < -0.39 is 5.97 Å². The van der Waals surface area contributed by atoms with Crippen molar-refractivity contribution in [2.75, 3.05) is 6.54 Å². The van der Waals surface area contributed by atoms with Crippen LogP contribution in [0.5, 0.6) is 0 Å². The first-order valence-electron chi connectivity index (χ1n) is 8.33. The number of rotatable bonds is 4. The predicted octanol–water partition coefficient (Wildman–Crippen LogP) is 3.61. The Bertz CT molecular complexity index is 1040. The fraction of sp³-hybridized carbons (Fsp3) is 0.0909. The van der Waals surface area contributed by atoms with Crippen molar-refractivity contribution in [2.45, 2.75) is 11.5 Å². The Morgan fingerprint density at radius 3 is 2.63 bits per heavy atom. The van der Waals surface area contributed by atoms with E-state index in [9.17, 15) is 9.59 Å².